The number of nitrogens with two attached hydrogens (primary N) is 1. The van der Waals surface area contributed by atoms with Gasteiger partial charge in [0.05, 0.1) is 11.3 Å². The third-order valence-corrected chi connectivity index (χ3v) is 2.83. The van der Waals surface area contributed by atoms with Gasteiger partial charge in [-0.1, -0.05) is 18.2 Å². The van der Waals surface area contributed by atoms with Crippen LogP contribution >= 0.6 is 0 Å². The summed E-state index contributed by atoms with van der Waals surface area (Å²) in [5.74, 6) is -0.206. The first-order valence-corrected chi connectivity index (χ1v) is 5.97. The summed E-state index contributed by atoms with van der Waals surface area (Å²) in [6.45, 7) is 0.555. The van der Waals surface area contributed by atoms with E-state index in [0.717, 1.165) is 0 Å². The Morgan fingerprint density at radius 2 is 2.00 bits per heavy atom. The Kier molecular flexibility index (Phi) is 3.99. The van der Waals surface area contributed by atoms with Gasteiger partial charge >= 0.3 is 0 Å². The van der Waals surface area contributed by atoms with Crippen LogP contribution in [0.1, 0.15) is 11.1 Å². The molecule has 0 amide bonds. The van der Waals surface area contributed by atoms with E-state index in [9.17, 15) is 4.39 Å². The summed E-state index contributed by atoms with van der Waals surface area (Å²) in [7, 11) is 0. The second kappa shape index (κ2) is 5.87. The Hall–Kier alpha value is -2.54. The quantitative estimate of drug-likeness (QED) is 0.826. The number of hydrogen-bond acceptors (Lipinski definition) is 3. The minimum absolute atomic E-state index is 0.206. The lowest BCUT2D eigenvalue weighted by Crippen LogP contribution is -2.07. The average molecular weight is 255 g/mol. The predicted molar refractivity (Wildman–Crippen MR) is 74.2 cm³/mol. The highest BCUT2D eigenvalue weighted by Gasteiger charge is 2.03. The van der Waals surface area contributed by atoms with Gasteiger partial charge in [0, 0.05) is 12.2 Å². The van der Waals surface area contributed by atoms with Crippen LogP contribution in [-0.4, -0.2) is 6.54 Å². The molecule has 0 spiro atoms. The highest BCUT2D eigenvalue weighted by Crippen LogP contribution is 2.18. The minimum Gasteiger partial charge on any atom is -0.399 e. The van der Waals surface area contributed by atoms with Crippen LogP contribution in [0.3, 0.4) is 0 Å². The summed E-state index contributed by atoms with van der Waals surface area (Å²) in [6.07, 6.45) is 0.557. The molecule has 2 aromatic rings. The Bertz CT molecular complexity index is 617. The third-order valence-electron chi connectivity index (χ3n) is 2.83. The maximum atomic E-state index is 13.4. The topological polar surface area (TPSA) is 61.8 Å². The highest BCUT2D eigenvalue weighted by molar-refractivity contribution is 5.62. The number of rotatable bonds is 4. The average Bonchev–Trinajstić information content (AvgIpc) is 2.42. The monoisotopic (exact) mass is 255 g/mol. The summed E-state index contributed by atoms with van der Waals surface area (Å²) in [5, 5.41) is 12.1. The van der Waals surface area contributed by atoms with Crippen LogP contribution in [-0.2, 0) is 6.42 Å². The molecule has 19 heavy (non-hydrogen) atoms. The van der Waals surface area contributed by atoms with Gasteiger partial charge in [-0.05, 0) is 36.2 Å². The van der Waals surface area contributed by atoms with E-state index in [0.29, 0.717) is 35.5 Å². The molecule has 0 bridgehead atoms. The number of nitrogens with one attached hydrogen (secondary N) is 1. The number of hydrogen-bond donors (Lipinski definition) is 2. The van der Waals surface area contributed by atoms with Gasteiger partial charge in [-0.2, -0.15) is 5.26 Å². The van der Waals surface area contributed by atoms with Gasteiger partial charge in [-0.3, -0.25) is 0 Å². The van der Waals surface area contributed by atoms with E-state index in [1.807, 2.05) is 6.07 Å². The van der Waals surface area contributed by atoms with Gasteiger partial charge in [-0.25, -0.2) is 4.39 Å². The molecular weight excluding hydrogens is 241 g/mol. The zero-order valence-corrected chi connectivity index (χ0v) is 10.4. The lowest BCUT2D eigenvalue weighted by Gasteiger charge is -2.09. The van der Waals surface area contributed by atoms with Crippen molar-refractivity contribution in [1.82, 2.24) is 0 Å². The molecule has 3 nitrogen and oxygen atoms in total. The molecule has 2 aromatic carbocycles. The van der Waals surface area contributed by atoms with Crippen LogP contribution in [0.2, 0.25) is 0 Å². The Morgan fingerprint density at radius 3 is 2.74 bits per heavy atom. The summed E-state index contributed by atoms with van der Waals surface area (Å²) in [5.41, 5.74) is 8.03. The molecule has 0 radical (unpaired) electrons. The summed E-state index contributed by atoms with van der Waals surface area (Å²) < 4.78 is 13.4. The van der Waals surface area contributed by atoms with E-state index in [1.54, 1.807) is 30.3 Å². The van der Waals surface area contributed by atoms with E-state index in [4.69, 9.17) is 11.0 Å². The van der Waals surface area contributed by atoms with Crippen molar-refractivity contribution < 1.29 is 4.39 Å². The van der Waals surface area contributed by atoms with Crippen molar-refractivity contribution in [2.75, 3.05) is 17.6 Å². The maximum Gasteiger partial charge on any atom is 0.126 e. The fraction of sp³-hybridized carbons (Fsp3) is 0.133. The molecule has 0 heterocycles. The van der Waals surface area contributed by atoms with Gasteiger partial charge in [0.15, 0.2) is 0 Å². The largest absolute Gasteiger partial charge is 0.399 e. The van der Waals surface area contributed by atoms with Crippen molar-refractivity contribution in [3.05, 3.63) is 59.4 Å². The van der Waals surface area contributed by atoms with Gasteiger partial charge in [-0.15, -0.1) is 0 Å². The van der Waals surface area contributed by atoms with Crippen molar-refractivity contribution >= 4 is 11.4 Å². The van der Waals surface area contributed by atoms with Gasteiger partial charge in [0.25, 0.3) is 0 Å². The van der Waals surface area contributed by atoms with Crippen LogP contribution in [0.4, 0.5) is 15.8 Å². The van der Waals surface area contributed by atoms with Gasteiger partial charge < -0.3 is 11.1 Å². The second-order valence-electron chi connectivity index (χ2n) is 4.19. The molecule has 0 aliphatic carbocycles. The molecule has 0 unspecified atom stereocenters. The predicted octanol–water partition coefficient (Wildman–Crippen LogP) is 2.93. The number of benzene rings is 2. The fourth-order valence-corrected chi connectivity index (χ4v) is 1.84. The summed E-state index contributed by atoms with van der Waals surface area (Å²) in [6, 6.07) is 13.9. The maximum absolute atomic E-state index is 13.4. The summed E-state index contributed by atoms with van der Waals surface area (Å²) in [4.78, 5) is 0. The van der Waals surface area contributed by atoms with Gasteiger partial charge in [0.1, 0.15) is 11.9 Å². The van der Waals surface area contributed by atoms with Crippen molar-refractivity contribution in [3.63, 3.8) is 0 Å². The SMILES string of the molecule is N#Cc1cc(N)ccc1NCCc1ccccc1F. The Labute approximate surface area is 111 Å². The molecule has 0 aliphatic rings. The Morgan fingerprint density at radius 1 is 1.21 bits per heavy atom. The minimum atomic E-state index is -0.206. The molecule has 4 heteroatoms. The van der Waals surface area contributed by atoms with Crippen LogP contribution in [0, 0.1) is 17.1 Å². The molecular formula is C15H14FN3. The number of halogens is 1. The van der Waals surface area contributed by atoms with Crippen LogP contribution in [0.5, 0.6) is 0 Å². The van der Waals surface area contributed by atoms with E-state index >= 15 is 0 Å². The van der Waals surface area contributed by atoms with E-state index in [1.165, 1.54) is 6.07 Å². The zero-order valence-electron chi connectivity index (χ0n) is 10.4. The lowest BCUT2D eigenvalue weighted by molar-refractivity contribution is 0.610. The number of anilines is 2. The van der Waals surface area contributed by atoms with Crippen molar-refractivity contribution in [2.24, 2.45) is 0 Å². The van der Waals surface area contributed by atoms with Crippen LogP contribution < -0.4 is 11.1 Å². The third kappa shape index (κ3) is 3.23. The first-order valence-electron chi connectivity index (χ1n) is 5.97. The molecule has 0 saturated carbocycles. The number of nitrogens with zero attached hydrogens (tertiary/aromatic N) is 1. The van der Waals surface area contributed by atoms with E-state index in [-0.39, 0.29) is 5.82 Å². The molecule has 0 aliphatic heterocycles. The first kappa shape index (κ1) is 12.9. The zero-order chi connectivity index (χ0) is 13.7. The van der Waals surface area contributed by atoms with E-state index < -0.39 is 0 Å². The fourth-order valence-electron chi connectivity index (χ4n) is 1.84. The standard InChI is InChI=1S/C15H14FN3/c16-14-4-2-1-3-11(14)7-8-19-15-6-5-13(18)9-12(15)10-17/h1-6,9,19H,7-8,18H2. The van der Waals surface area contributed by atoms with Crippen molar-refractivity contribution in [1.29, 1.82) is 5.26 Å². The van der Waals surface area contributed by atoms with Crippen LogP contribution in [0.25, 0.3) is 0 Å². The van der Waals surface area contributed by atoms with Crippen LogP contribution in [0.15, 0.2) is 42.5 Å². The molecule has 2 rings (SSSR count). The van der Waals surface area contributed by atoms with Crippen molar-refractivity contribution in [2.45, 2.75) is 6.42 Å². The molecule has 96 valence electrons. The molecule has 0 fully saturated rings. The highest BCUT2D eigenvalue weighted by atomic mass is 19.1. The molecule has 3 N–H and O–H groups in total. The molecule has 0 saturated heterocycles. The second-order valence-corrected chi connectivity index (χ2v) is 4.19. The molecule has 0 aromatic heterocycles. The normalized spacial score (nSPS) is 9.89. The summed E-state index contributed by atoms with van der Waals surface area (Å²) >= 11 is 0. The lowest BCUT2D eigenvalue weighted by atomic mass is 10.1. The molecule has 0 atom stereocenters. The van der Waals surface area contributed by atoms with Gasteiger partial charge in [0.2, 0.25) is 0 Å². The number of nitriles is 1. The Balaban J connectivity index is 2.01. The van der Waals surface area contributed by atoms with E-state index in [2.05, 4.69) is 11.4 Å². The first-order chi connectivity index (χ1) is 9.20. The number of nitrogen functional groups attached to an aromatic ring is 1. The van der Waals surface area contributed by atoms with Crippen molar-refractivity contribution in [3.8, 4) is 6.07 Å². The smallest absolute Gasteiger partial charge is 0.126 e.